The van der Waals surface area contributed by atoms with Crippen LogP contribution in [0.3, 0.4) is 0 Å². The van der Waals surface area contributed by atoms with Crippen molar-refractivity contribution in [3.8, 4) is 0 Å². The molecule has 0 heterocycles. The Labute approximate surface area is 116 Å². The lowest BCUT2D eigenvalue weighted by molar-refractivity contribution is -0.384. The van der Waals surface area contributed by atoms with Crippen LogP contribution >= 0.6 is 0 Å². The summed E-state index contributed by atoms with van der Waals surface area (Å²) in [6, 6.07) is 6.05. The molecule has 0 aliphatic heterocycles. The summed E-state index contributed by atoms with van der Waals surface area (Å²) in [5, 5.41) is 13.5. The number of benzene rings is 1. The van der Waals surface area contributed by atoms with Crippen LogP contribution in [0.4, 0.5) is 11.4 Å². The number of nitro benzene ring substituents is 1. The highest BCUT2D eigenvalue weighted by atomic mass is 16.6. The van der Waals surface area contributed by atoms with Gasteiger partial charge in [-0.05, 0) is 55.1 Å². The quantitative estimate of drug-likeness (QED) is 0.679. The van der Waals surface area contributed by atoms with E-state index in [2.05, 4.69) is 5.32 Å². The molecule has 3 saturated carbocycles. The van der Waals surface area contributed by atoms with Crippen molar-refractivity contribution in [1.82, 2.24) is 0 Å². The van der Waals surface area contributed by atoms with Crippen molar-refractivity contribution in [2.45, 2.75) is 19.3 Å². The molecule has 3 aliphatic carbocycles. The van der Waals surface area contributed by atoms with Crippen molar-refractivity contribution in [2.75, 3.05) is 5.32 Å². The van der Waals surface area contributed by atoms with Gasteiger partial charge in [-0.3, -0.25) is 14.9 Å². The highest BCUT2D eigenvalue weighted by Crippen LogP contribution is 2.69. The second-order valence-corrected chi connectivity index (χ2v) is 6.31. The Hall–Kier alpha value is -1.91. The maximum absolute atomic E-state index is 12.3. The summed E-state index contributed by atoms with van der Waals surface area (Å²) in [7, 11) is 0. The van der Waals surface area contributed by atoms with Crippen molar-refractivity contribution in [3.63, 3.8) is 0 Å². The van der Waals surface area contributed by atoms with E-state index in [1.54, 1.807) is 12.1 Å². The summed E-state index contributed by atoms with van der Waals surface area (Å²) in [4.78, 5) is 22.4. The van der Waals surface area contributed by atoms with Crippen LogP contribution in [0.15, 0.2) is 24.3 Å². The van der Waals surface area contributed by atoms with E-state index in [4.69, 9.17) is 0 Å². The molecule has 0 radical (unpaired) electrons. The number of rotatable bonds is 3. The van der Waals surface area contributed by atoms with Crippen LogP contribution < -0.4 is 5.32 Å². The van der Waals surface area contributed by atoms with E-state index in [1.165, 1.54) is 31.4 Å². The fourth-order valence-corrected chi connectivity index (χ4v) is 4.57. The molecule has 5 nitrogen and oxygen atoms in total. The number of anilines is 1. The fourth-order valence-electron chi connectivity index (χ4n) is 4.57. The first-order chi connectivity index (χ1) is 9.65. The average Bonchev–Trinajstić information content (AvgIpc) is 2.89. The number of hydrogen-bond donors (Lipinski definition) is 1. The standard InChI is InChI=1S/C15H16N2O3/c18-15(14-12-8-1-2-9(7-8)13(12)14)16-10-3-5-11(6-4-10)17(19)20/h3-6,8-9,12-14H,1-2,7H2,(H,16,18)/t8-,9-,12-,13-/m0/s1. The number of carbonyl (C=O) groups excluding carboxylic acids is 1. The Morgan fingerprint density at radius 3 is 2.30 bits per heavy atom. The zero-order chi connectivity index (χ0) is 13.9. The average molecular weight is 272 g/mol. The maximum atomic E-state index is 12.3. The Morgan fingerprint density at radius 1 is 1.15 bits per heavy atom. The third-order valence-electron chi connectivity index (χ3n) is 5.38. The van der Waals surface area contributed by atoms with Gasteiger partial charge in [0.05, 0.1) is 4.92 Å². The summed E-state index contributed by atoms with van der Waals surface area (Å²) in [5.74, 6) is 3.08. The lowest BCUT2D eigenvalue weighted by atomic mass is 10.0. The Morgan fingerprint density at radius 2 is 1.75 bits per heavy atom. The Balaban J connectivity index is 1.42. The van der Waals surface area contributed by atoms with E-state index in [-0.39, 0.29) is 17.5 Å². The van der Waals surface area contributed by atoms with Gasteiger partial charge in [0.15, 0.2) is 0 Å². The molecule has 3 aliphatic rings. The number of nitro groups is 1. The van der Waals surface area contributed by atoms with Gasteiger partial charge in [-0.25, -0.2) is 0 Å². The number of carbonyl (C=O) groups is 1. The van der Waals surface area contributed by atoms with Gasteiger partial charge in [-0.15, -0.1) is 0 Å². The number of fused-ring (bicyclic) bond motifs is 5. The number of hydrogen-bond acceptors (Lipinski definition) is 3. The monoisotopic (exact) mass is 272 g/mol. The van der Waals surface area contributed by atoms with Gasteiger partial charge in [0.2, 0.25) is 5.91 Å². The van der Waals surface area contributed by atoms with Crippen LogP contribution in [-0.4, -0.2) is 10.8 Å². The summed E-state index contributed by atoms with van der Waals surface area (Å²) < 4.78 is 0. The van der Waals surface area contributed by atoms with Gasteiger partial charge < -0.3 is 5.32 Å². The Kier molecular flexibility index (Phi) is 2.40. The summed E-state index contributed by atoms with van der Waals surface area (Å²) in [6.07, 6.45) is 3.93. The molecule has 0 unspecified atom stereocenters. The lowest BCUT2D eigenvalue weighted by Gasteiger charge is -2.09. The molecule has 0 aromatic heterocycles. The van der Waals surface area contributed by atoms with Gasteiger partial charge in [0.1, 0.15) is 0 Å². The van der Waals surface area contributed by atoms with Gasteiger partial charge in [0, 0.05) is 23.7 Å². The Bertz CT molecular complexity index is 567. The molecule has 3 fully saturated rings. The first kappa shape index (κ1) is 11.9. The minimum Gasteiger partial charge on any atom is -0.326 e. The van der Waals surface area contributed by atoms with E-state index in [9.17, 15) is 14.9 Å². The van der Waals surface area contributed by atoms with Gasteiger partial charge in [0.25, 0.3) is 5.69 Å². The largest absolute Gasteiger partial charge is 0.326 e. The zero-order valence-electron chi connectivity index (χ0n) is 11.0. The second-order valence-electron chi connectivity index (χ2n) is 6.31. The molecule has 20 heavy (non-hydrogen) atoms. The normalized spacial score (nSPS) is 36.5. The molecule has 1 amide bonds. The van der Waals surface area contributed by atoms with Gasteiger partial charge >= 0.3 is 0 Å². The van der Waals surface area contributed by atoms with Crippen molar-refractivity contribution >= 4 is 17.3 Å². The third-order valence-corrected chi connectivity index (χ3v) is 5.38. The predicted octanol–water partition coefficient (Wildman–Crippen LogP) is 2.83. The van der Waals surface area contributed by atoms with E-state index in [0.717, 1.165) is 11.8 Å². The van der Waals surface area contributed by atoms with E-state index >= 15 is 0 Å². The van der Waals surface area contributed by atoms with Gasteiger partial charge in [-0.1, -0.05) is 0 Å². The molecule has 104 valence electrons. The predicted molar refractivity (Wildman–Crippen MR) is 73.0 cm³/mol. The minimum atomic E-state index is -0.436. The van der Waals surface area contributed by atoms with Crippen molar-refractivity contribution < 1.29 is 9.72 Å². The van der Waals surface area contributed by atoms with Crippen LogP contribution in [0, 0.1) is 39.7 Å². The van der Waals surface area contributed by atoms with Gasteiger partial charge in [-0.2, -0.15) is 0 Å². The number of amides is 1. The first-order valence-electron chi connectivity index (χ1n) is 7.20. The molecule has 5 heteroatoms. The highest BCUT2D eigenvalue weighted by molar-refractivity contribution is 5.95. The summed E-state index contributed by atoms with van der Waals surface area (Å²) in [6.45, 7) is 0. The minimum absolute atomic E-state index is 0.0457. The molecule has 1 N–H and O–H groups in total. The molecule has 1 aromatic carbocycles. The fraction of sp³-hybridized carbons (Fsp3) is 0.533. The van der Waals surface area contributed by atoms with Crippen molar-refractivity contribution in [1.29, 1.82) is 0 Å². The molecular formula is C15H16N2O3. The van der Waals surface area contributed by atoms with Crippen LogP contribution in [0.25, 0.3) is 0 Å². The summed E-state index contributed by atoms with van der Waals surface area (Å²) in [5.41, 5.74) is 0.697. The first-order valence-corrected chi connectivity index (χ1v) is 7.20. The molecular weight excluding hydrogens is 256 g/mol. The molecule has 0 spiro atoms. The van der Waals surface area contributed by atoms with Crippen LogP contribution in [0.2, 0.25) is 0 Å². The zero-order valence-corrected chi connectivity index (χ0v) is 11.0. The van der Waals surface area contributed by atoms with Crippen LogP contribution in [0.5, 0.6) is 0 Å². The molecule has 2 bridgehead atoms. The molecule has 0 saturated heterocycles. The maximum Gasteiger partial charge on any atom is 0.269 e. The van der Waals surface area contributed by atoms with E-state index in [0.29, 0.717) is 17.5 Å². The SMILES string of the molecule is O=C(Nc1ccc([N+](=O)[O-])cc1)C1[C@H]2[C@H]3CC[C@@H](C3)[C@H]12. The summed E-state index contributed by atoms with van der Waals surface area (Å²) >= 11 is 0. The van der Waals surface area contributed by atoms with Crippen LogP contribution in [0.1, 0.15) is 19.3 Å². The lowest BCUT2D eigenvalue weighted by Crippen LogP contribution is -2.18. The highest BCUT2D eigenvalue weighted by Gasteiger charge is 2.67. The number of nitrogens with one attached hydrogen (secondary N) is 1. The van der Waals surface area contributed by atoms with E-state index in [1.807, 2.05) is 0 Å². The molecule has 1 aromatic rings. The topological polar surface area (TPSA) is 72.2 Å². The second kappa shape index (κ2) is 4.04. The third kappa shape index (κ3) is 1.65. The smallest absolute Gasteiger partial charge is 0.269 e. The van der Waals surface area contributed by atoms with Crippen LogP contribution in [-0.2, 0) is 4.79 Å². The molecule has 4 atom stereocenters. The number of nitrogens with zero attached hydrogens (tertiary/aromatic N) is 1. The van der Waals surface area contributed by atoms with Crippen molar-refractivity contribution in [2.24, 2.45) is 29.6 Å². The molecule has 4 rings (SSSR count). The van der Waals surface area contributed by atoms with E-state index < -0.39 is 4.92 Å². The van der Waals surface area contributed by atoms with Crippen molar-refractivity contribution in [3.05, 3.63) is 34.4 Å². The number of non-ortho nitro benzene ring substituents is 1.